The summed E-state index contributed by atoms with van der Waals surface area (Å²) >= 11 is 0. The first-order valence-corrected chi connectivity index (χ1v) is 10.9. The van der Waals surface area contributed by atoms with Crippen molar-refractivity contribution in [3.05, 3.63) is 25.3 Å². The van der Waals surface area contributed by atoms with Crippen molar-refractivity contribution in [2.45, 2.75) is 0 Å². The summed E-state index contributed by atoms with van der Waals surface area (Å²) in [6, 6.07) is 0. The first-order chi connectivity index (χ1) is 16.6. The Morgan fingerprint density at radius 1 is 0.471 bits per heavy atom. The van der Waals surface area contributed by atoms with E-state index >= 15 is 0 Å². The molecule has 0 amide bonds. The van der Waals surface area contributed by atoms with Gasteiger partial charge in [-0.05, 0) is 0 Å². The Labute approximate surface area is 201 Å². The minimum atomic E-state index is -0.467. The molecule has 0 atom stereocenters. The molecule has 0 aromatic rings. The highest BCUT2D eigenvalue weighted by Gasteiger charge is 1.97. The maximum Gasteiger partial charge on any atom is 0.330 e. The van der Waals surface area contributed by atoms with Crippen LogP contribution >= 0.6 is 0 Å². The Balaban J connectivity index is 0. The molecule has 0 unspecified atom stereocenters. The van der Waals surface area contributed by atoms with Gasteiger partial charge in [0.15, 0.2) is 0 Å². The molecule has 12 nitrogen and oxygen atoms in total. The van der Waals surface area contributed by atoms with Crippen molar-refractivity contribution in [2.24, 2.45) is 0 Å². The zero-order valence-electron chi connectivity index (χ0n) is 19.9. The fraction of sp³-hybridized carbons (Fsp3) is 0.727. The summed E-state index contributed by atoms with van der Waals surface area (Å²) in [5.41, 5.74) is 0. The standard InChI is InChI=1S/C14H22O7.C8H18O5/c1-3-13(15)20-11-9-18-7-5-17-6-8-19-10-12-21-14(16)4-2;9-1-3-11-5-7-13-8-6-12-4-2-10/h3-4H,1-2,5-12H2;9-10H,1-8H2. The summed E-state index contributed by atoms with van der Waals surface area (Å²) in [6.45, 7) is 12.0. The van der Waals surface area contributed by atoms with Gasteiger partial charge in [-0.15, -0.1) is 0 Å². The van der Waals surface area contributed by atoms with Crippen molar-refractivity contribution in [1.29, 1.82) is 0 Å². The second kappa shape index (κ2) is 31.1. The number of hydrogen-bond acceptors (Lipinski definition) is 12. The molecule has 0 rings (SSSR count). The third-order valence-electron chi connectivity index (χ3n) is 3.24. The van der Waals surface area contributed by atoms with Gasteiger partial charge in [-0.25, -0.2) is 9.59 Å². The van der Waals surface area contributed by atoms with Crippen LogP contribution < -0.4 is 0 Å². The predicted molar refractivity (Wildman–Crippen MR) is 121 cm³/mol. The number of aliphatic hydroxyl groups excluding tert-OH is 2. The average molecular weight is 497 g/mol. The van der Waals surface area contributed by atoms with Crippen molar-refractivity contribution in [2.75, 3.05) is 106 Å². The molecule has 12 heteroatoms. The number of carbonyl (C=O) groups is 2. The lowest BCUT2D eigenvalue weighted by atomic mass is 10.6. The van der Waals surface area contributed by atoms with Crippen LogP contribution in [0.25, 0.3) is 0 Å². The normalized spacial score (nSPS) is 10.2. The molecule has 0 aliphatic heterocycles. The molecule has 0 aromatic heterocycles. The minimum absolute atomic E-state index is 0.0413. The van der Waals surface area contributed by atoms with E-state index in [9.17, 15) is 9.59 Å². The van der Waals surface area contributed by atoms with Crippen LogP contribution in [0.3, 0.4) is 0 Å². The van der Waals surface area contributed by atoms with Crippen LogP contribution in [0.5, 0.6) is 0 Å². The highest BCUT2D eigenvalue weighted by Crippen LogP contribution is 1.85. The van der Waals surface area contributed by atoms with Gasteiger partial charge in [0.05, 0.1) is 92.5 Å². The smallest absolute Gasteiger partial charge is 0.330 e. The SMILES string of the molecule is C=CC(=O)OCCOCCOCCOCCOC(=O)C=C.OCCOCCOCCOCCO. The number of ether oxygens (including phenoxy) is 8. The molecule has 0 fully saturated rings. The van der Waals surface area contributed by atoms with Crippen molar-refractivity contribution in [1.82, 2.24) is 0 Å². The highest BCUT2D eigenvalue weighted by atomic mass is 16.6. The van der Waals surface area contributed by atoms with Crippen LogP contribution in [0.15, 0.2) is 25.3 Å². The third kappa shape index (κ3) is 32.3. The summed E-state index contributed by atoms with van der Waals surface area (Å²) in [7, 11) is 0. The number of hydrogen-bond donors (Lipinski definition) is 2. The lowest BCUT2D eigenvalue weighted by Gasteiger charge is -2.07. The van der Waals surface area contributed by atoms with Gasteiger partial charge in [0.2, 0.25) is 0 Å². The molecule has 0 aromatic carbocycles. The molecule has 0 radical (unpaired) electrons. The Morgan fingerprint density at radius 3 is 0.941 bits per heavy atom. The van der Waals surface area contributed by atoms with E-state index in [2.05, 4.69) is 13.2 Å². The topological polar surface area (TPSA) is 148 Å². The van der Waals surface area contributed by atoms with Crippen LogP contribution in [0.1, 0.15) is 0 Å². The predicted octanol–water partition coefficient (Wildman–Crippen LogP) is -0.485. The molecule has 0 saturated carbocycles. The first kappa shape index (κ1) is 34.3. The van der Waals surface area contributed by atoms with E-state index in [1.165, 1.54) is 0 Å². The summed E-state index contributed by atoms with van der Waals surface area (Å²) < 4.78 is 40.0. The number of rotatable bonds is 24. The molecule has 0 spiro atoms. The highest BCUT2D eigenvalue weighted by molar-refractivity contribution is 5.81. The second-order valence-electron chi connectivity index (χ2n) is 5.86. The van der Waals surface area contributed by atoms with E-state index in [1.54, 1.807) is 0 Å². The van der Waals surface area contributed by atoms with Crippen molar-refractivity contribution in [3.63, 3.8) is 0 Å². The number of carbonyl (C=O) groups excluding carboxylic acids is 2. The number of esters is 2. The van der Waals surface area contributed by atoms with Crippen LogP contribution in [-0.2, 0) is 47.5 Å². The van der Waals surface area contributed by atoms with E-state index in [4.69, 9.17) is 48.1 Å². The van der Waals surface area contributed by atoms with Gasteiger partial charge >= 0.3 is 11.9 Å². The largest absolute Gasteiger partial charge is 0.460 e. The zero-order chi connectivity index (χ0) is 25.5. The van der Waals surface area contributed by atoms with E-state index < -0.39 is 11.9 Å². The van der Waals surface area contributed by atoms with Crippen molar-refractivity contribution >= 4 is 11.9 Å². The fourth-order valence-corrected chi connectivity index (χ4v) is 1.73. The molecular formula is C22H40O12. The molecule has 200 valence electrons. The molecule has 0 heterocycles. The lowest BCUT2D eigenvalue weighted by Crippen LogP contribution is -2.14. The van der Waals surface area contributed by atoms with Crippen LogP contribution in [0.4, 0.5) is 0 Å². The third-order valence-corrected chi connectivity index (χ3v) is 3.24. The van der Waals surface area contributed by atoms with E-state index in [0.717, 1.165) is 12.2 Å². The lowest BCUT2D eigenvalue weighted by molar-refractivity contribution is -0.140. The van der Waals surface area contributed by atoms with Gasteiger partial charge in [0.25, 0.3) is 0 Å². The Bertz CT molecular complexity index is 433. The monoisotopic (exact) mass is 496 g/mol. The molecule has 34 heavy (non-hydrogen) atoms. The Morgan fingerprint density at radius 2 is 0.706 bits per heavy atom. The molecule has 0 aliphatic carbocycles. The fourth-order valence-electron chi connectivity index (χ4n) is 1.73. The molecule has 0 bridgehead atoms. The van der Waals surface area contributed by atoms with Crippen molar-refractivity contribution in [3.8, 4) is 0 Å². The van der Waals surface area contributed by atoms with Gasteiger partial charge in [0, 0.05) is 12.2 Å². The van der Waals surface area contributed by atoms with Gasteiger partial charge in [-0.3, -0.25) is 0 Å². The minimum Gasteiger partial charge on any atom is -0.460 e. The van der Waals surface area contributed by atoms with Gasteiger partial charge in [0.1, 0.15) is 13.2 Å². The van der Waals surface area contributed by atoms with Gasteiger partial charge < -0.3 is 48.1 Å². The Hall–Kier alpha value is -1.90. The van der Waals surface area contributed by atoms with Crippen molar-refractivity contribution < 1.29 is 57.7 Å². The molecule has 0 aliphatic rings. The molecule has 2 N–H and O–H groups in total. The second-order valence-corrected chi connectivity index (χ2v) is 5.86. The summed E-state index contributed by atoms with van der Waals surface area (Å²) in [4.78, 5) is 21.4. The maximum absolute atomic E-state index is 10.7. The van der Waals surface area contributed by atoms with E-state index in [-0.39, 0.29) is 26.4 Å². The average Bonchev–Trinajstić information content (AvgIpc) is 2.85. The Kier molecular flexibility index (Phi) is 31.3. The molecular weight excluding hydrogens is 456 g/mol. The number of aliphatic hydroxyl groups is 2. The van der Waals surface area contributed by atoms with Crippen LogP contribution in [-0.4, -0.2) is 128 Å². The van der Waals surface area contributed by atoms with E-state index in [0.29, 0.717) is 79.3 Å². The molecule has 0 saturated heterocycles. The van der Waals surface area contributed by atoms with Crippen LogP contribution in [0, 0.1) is 0 Å². The zero-order valence-corrected chi connectivity index (χ0v) is 19.9. The quantitative estimate of drug-likeness (QED) is 0.101. The maximum atomic E-state index is 10.7. The van der Waals surface area contributed by atoms with Crippen LogP contribution in [0.2, 0.25) is 0 Å². The summed E-state index contributed by atoms with van der Waals surface area (Å²) in [5, 5.41) is 16.7. The summed E-state index contributed by atoms with van der Waals surface area (Å²) in [5.74, 6) is -0.934. The van der Waals surface area contributed by atoms with E-state index in [1.807, 2.05) is 0 Å². The summed E-state index contributed by atoms with van der Waals surface area (Å²) in [6.07, 6.45) is 2.20. The van der Waals surface area contributed by atoms with Gasteiger partial charge in [-0.2, -0.15) is 0 Å². The first-order valence-electron chi connectivity index (χ1n) is 10.9. The van der Waals surface area contributed by atoms with Gasteiger partial charge in [-0.1, -0.05) is 13.2 Å².